The molecule has 1 saturated heterocycles. The summed E-state index contributed by atoms with van der Waals surface area (Å²) in [5, 5.41) is 21.9. The van der Waals surface area contributed by atoms with Crippen LogP contribution in [-0.4, -0.2) is 55.6 Å². The van der Waals surface area contributed by atoms with Crippen LogP contribution in [0.1, 0.15) is 12.8 Å². The number of phenolic OH excluding ortho intramolecular Hbond substituents is 1. The van der Waals surface area contributed by atoms with E-state index in [1.165, 1.54) is 25.9 Å². The summed E-state index contributed by atoms with van der Waals surface area (Å²) in [6.07, 6.45) is 2.63. The third kappa shape index (κ3) is 3.10. The monoisotopic (exact) mass is 291 g/mol. The van der Waals surface area contributed by atoms with E-state index in [4.69, 9.17) is 0 Å². The fourth-order valence-electron chi connectivity index (χ4n) is 2.30. The van der Waals surface area contributed by atoms with Crippen LogP contribution in [0, 0.1) is 0 Å². The SMILES string of the molecule is Oc1ccc(-n2nnnc2SCCN2CCCC2)cc1. The van der Waals surface area contributed by atoms with Gasteiger partial charge in [-0.05, 0) is 60.6 Å². The highest BCUT2D eigenvalue weighted by atomic mass is 32.2. The molecule has 0 aliphatic carbocycles. The summed E-state index contributed by atoms with van der Waals surface area (Å²) < 4.78 is 1.70. The summed E-state index contributed by atoms with van der Waals surface area (Å²) in [4.78, 5) is 2.47. The standard InChI is InChI=1S/C13H17N5OS/c19-12-5-3-11(4-6-12)18-13(14-15-16-18)20-10-9-17-7-1-2-8-17/h3-6,19H,1-2,7-10H2. The normalized spacial score (nSPS) is 15.8. The van der Waals surface area contributed by atoms with E-state index in [0.29, 0.717) is 0 Å². The van der Waals surface area contributed by atoms with Crippen LogP contribution in [0.3, 0.4) is 0 Å². The van der Waals surface area contributed by atoms with Gasteiger partial charge in [-0.2, -0.15) is 4.68 Å². The number of nitrogens with zero attached hydrogens (tertiary/aromatic N) is 5. The van der Waals surface area contributed by atoms with Crippen LogP contribution in [0.25, 0.3) is 5.69 Å². The number of benzene rings is 1. The summed E-state index contributed by atoms with van der Waals surface area (Å²) in [5.41, 5.74) is 0.858. The van der Waals surface area contributed by atoms with Crippen LogP contribution >= 0.6 is 11.8 Å². The van der Waals surface area contributed by atoms with Gasteiger partial charge in [-0.1, -0.05) is 11.8 Å². The molecule has 0 unspecified atom stereocenters. The highest BCUT2D eigenvalue weighted by molar-refractivity contribution is 7.99. The molecule has 1 N–H and O–H groups in total. The van der Waals surface area contributed by atoms with Gasteiger partial charge in [-0.15, -0.1) is 5.10 Å². The summed E-state index contributed by atoms with van der Waals surface area (Å²) in [6, 6.07) is 6.87. The Balaban J connectivity index is 1.62. The molecule has 6 nitrogen and oxygen atoms in total. The molecule has 1 aliphatic heterocycles. The average Bonchev–Trinajstić information content (AvgIpc) is 3.11. The second kappa shape index (κ2) is 6.23. The lowest BCUT2D eigenvalue weighted by molar-refractivity contribution is 0.362. The molecule has 0 atom stereocenters. The minimum atomic E-state index is 0.241. The van der Waals surface area contributed by atoms with E-state index < -0.39 is 0 Å². The Hall–Kier alpha value is -1.60. The van der Waals surface area contributed by atoms with Gasteiger partial charge in [-0.25, -0.2) is 0 Å². The lowest BCUT2D eigenvalue weighted by Crippen LogP contribution is -2.22. The number of hydrogen-bond donors (Lipinski definition) is 1. The van der Waals surface area contributed by atoms with Crippen molar-refractivity contribution >= 4 is 11.8 Å². The van der Waals surface area contributed by atoms with Crippen LogP contribution in [0.15, 0.2) is 29.4 Å². The van der Waals surface area contributed by atoms with E-state index in [0.717, 1.165) is 23.1 Å². The first-order valence-corrected chi connectivity index (χ1v) is 7.74. The van der Waals surface area contributed by atoms with Crippen LogP contribution < -0.4 is 0 Å². The molecule has 0 bridgehead atoms. The molecule has 3 rings (SSSR count). The Labute approximate surface area is 121 Å². The van der Waals surface area contributed by atoms with Crippen LogP contribution in [0.4, 0.5) is 0 Å². The Kier molecular flexibility index (Phi) is 4.17. The fourth-order valence-corrected chi connectivity index (χ4v) is 3.19. The number of likely N-dealkylation sites (tertiary alicyclic amines) is 1. The first-order valence-electron chi connectivity index (χ1n) is 6.76. The molecule has 1 aromatic carbocycles. The van der Waals surface area contributed by atoms with Crippen molar-refractivity contribution in [1.29, 1.82) is 0 Å². The average molecular weight is 291 g/mol. The van der Waals surface area contributed by atoms with Crippen LogP contribution in [0.5, 0.6) is 5.75 Å². The van der Waals surface area contributed by atoms with Crippen molar-refractivity contribution in [3.8, 4) is 11.4 Å². The van der Waals surface area contributed by atoms with E-state index in [-0.39, 0.29) is 5.75 Å². The van der Waals surface area contributed by atoms with Gasteiger partial charge in [-0.3, -0.25) is 0 Å². The summed E-state index contributed by atoms with van der Waals surface area (Å²) >= 11 is 1.66. The Morgan fingerprint density at radius 1 is 1.15 bits per heavy atom. The predicted octanol–water partition coefficient (Wildman–Crippen LogP) is 1.56. The molecule has 7 heteroatoms. The van der Waals surface area contributed by atoms with Gasteiger partial charge in [0.1, 0.15) is 5.75 Å². The summed E-state index contributed by atoms with van der Waals surface area (Å²) in [5.74, 6) is 1.23. The molecule has 0 saturated carbocycles. The molecule has 2 aromatic rings. The first-order chi connectivity index (χ1) is 9.83. The molecular weight excluding hydrogens is 274 g/mol. The zero-order chi connectivity index (χ0) is 13.8. The Morgan fingerprint density at radius 3 is 2.65 bits per heavy atom. The minimum Gasteiger partial charge on any atom is -0.508 e. The number of thioether (sulfide) groups is 1. The van der Waals surface area contributed by atoms with Crippen molar-refractivity contribution in [3.63, 3.8) is 0 Å². The lowest BCUT2D eigenvalue weighted by Gasteiger charge is -2.13. The number of phenols is 1. The number of hydrogen-bond acceptors (Lipinski definition) is 6. The molecule has 1 aliphatic rings. The van der Waals surface area contributed by atoms with E-state index >= 15 is 0 Å². The smallest absolute Gasteiger partial charge is 0.214 e. The zero-order valence-electron chi connectivity index (χ0n) is 11.1. The number of rotatable bonds is 5. The molecule has 1 aromatic heterocycles. The quantitative estimate of drug-likeness (QED) is 0.843. The summed E-state index contributed by atoms with van der Waals surface area (Å²) in [6.45, 7) is 3.50. The molecule has 0 amide bonds. The van der Waals surface area contributed by atoms with Crippen molar-refractivity contribution in [1.82, 2.24) is 25.1 Å². The summed E-state index contributed by atoms with van der Waals surface area (Å²) in [7, 11) is 0. The van der Waals surface area contributed by atoms with Gasteiger partial charge in [0.15, 0.2) is 0 Å². The molecule has 0 radical (unpaired) electrons. The van der Waals surface area contributed by atoms with E-state index in [1.807, 2.05) is 0 Å². The number of tetrazole rings is 1. The third-order valence-electron chi connectivity index (χ3n) is 3.37. The topological polar surface area (TPSA) is 67.1 Å². The highest BCUT2D eigenvalue weighted by Crippen LogP contribution is 2.20. The molecule has 2 heterocycles. The third-order valence-corrected chi connectivity index (χ3v) is 4.27. The van der Waals surface area contributed by atoms with Gasteiger partial charge in [0.05, 0.1) is 5.69 Å². The van der Waals surface area contributed by atoms with Gasteiger partial charge >= 0.3 is 0 Å². The van der Waals surface area contributed by atoms with Crippen molar-refractivity contribution in [2.75, 3.05) is 25.4 Å². The first kappa shape index (κ1) is 13.4. The van der Waals surface area contributed by atoms with Gasteiger partial charge < -0.3 is 10.0 Å². The van der Waals surface area contributed by atoms with E-state index in [9.17, 15) is 5.11 Å². The lowest BCUT2D eigenvalue weighted by atomic mass is 10.3. The maximum Gasteiger partial charge on any atom is 0.214 e. The van der Waals surface area contributed by atoms with Gasteiger partial charge in [0.2, 0.25) is 5.16 Å². The maximum absolute atomic E-state index is 9.31. The van der Waals surface area contributed by atoms with Crippen LogP contribution in [0.2, 0.25) is 0 Å². The minimum absolute atomic E-state index is 0.241. The van der Waals surface area contributed by atoms with E-state index in [1.54, 1.807) is 40.7 Å². The van der Waals surface area contributed by atoms with Crippen molar-refractivity contribution < 1.29 is 5.11 Å². The Morgan fingerprint density at radius 2 is 1.90 bits per heavy atom. The van der Waals surface area contributed by atoms with Crippen LogP contribution in [-0.2, 0) is 0 Å². The maximum atomic E-state index is 9.31. The van der Waals surface area contributed by atoms with Crippen molar-refractivity contribution in [2.45, 2.75) is 18.0 Å². The molecule has 1 fully saturated rings. The zero-order valence-corrected chi connectivity index (χ0v) is 12.0. The highest BCUT2D eigenvalue weighted by Gasteiger charge is 2.13. The van der Waals surface area contributed by atoms with Gasteiger partial charge in [0, 0.05) is 12.3 Å². The van der Waals surface area contributed by atoms with Crippen molar-refractivity contribution in [2.24, 2.45) is 0 Å². The van der Waals surface area contributed by atoms with Gasteiger partial charge in [0.25, 0.3) is 0 Å². The molecule has 106 valence electrons. The number of aromatic hydroxyl groups is 1. The predicted molar refractivity (Wildman–Crippen MR) is 77.2 cm³/mol. The molecule has 0 spiro atoms. The Bertz CT molecular complexity index is 550. The largest absolute Gasteiger partial charge is 0.508 e. The fraction of sp³-hybridized carbons (Fsp3) is 0.462. The second-order valence-corrected chi connectivity index (χ2v) is 5.85. The molecular formula is C13H17N5OS. The number of aromatic nitrogens is 4. The van der Waals surface area contributed by atoms with E-state index in [2.05, 4.69) is 20.4 Å². The van der Waals surface area contributed by atoms with Crippen molar-refractivity contribution in [3.05, 3.63) is 24.3 Å². The second-order valence-electron chi connectivity index (χ2n) is 4.79. The molecule has 20 heavy (non-hydrogen) atoms.